The number of nitrogens with one attached hydrogen (secondary N) is 1. The van der Waals surface area contributed by atoms with Gasteiger partial charge in [-0.2, -0.15) is 18.2 Å². The van der Waals surface area contributed by atoms with Gasteiger partial charge in [-0.1, -0.05) is 21.1 Å². The quantitative estimate of drug-likeness (QED) is 0.602. The van der Waals surface area contributed by atoms with E-state index >= 15 is 0 Å². The highest BCUT2D eigenvalue weighted by molar-refractivity contribution is 9.11. The van der Waals surface area contributed by atoms with E-state index < -0.39 is 34.0 Å². The minimum Gasteiger partial charge on any atom is -0.329 e. The standard InChI is InChI=1S/C11H7Br3F3N3O3S/c1-4(9-18-10(23-19-9)11(15,16)17)20-24(21,22)8-6(13)2-5(12)3-7(8)14/h2-4,20H,1H3. The molecule has 1 heterocycles. The smallest absolute Gasteiger partial charge is 0.329 e. The molecule has 0 saturated heterocycles. The van der Waals surface area contributed by atoms with Gasteiger partial charge in [0.25, 0.3) is 0 Å². The maximum atomic E-state index is 12.5. The lowest BCUT2D eigenvalue weighted by Gasteiger charge is -2.14. The minimum atomic E-state index is -4.80. The van der Waals surface area contributed by atoms with Crippen LogP contribution in [0.3, 0.4) is 0 Å². The molecular formula is C11H7Br3F3N3O3S. The first-order chi connectivity index (χ1) is 10.9. The van der Waals surface area contributed by atoms with Gasteiger partial charge in [0.2, 0.25) is 10.0 Å². The van der Waals surface area contributed by atoms with E-state index in [1.54, 1.807) is 0 Å². The van der Waals surface area contributed by atoms with Crippen LogP contribution in [0.15, 0.2) is 35.0 Å². The van der Waals surface area contributed by atoms with E-state index in [0.717, 1.165) is 0 Å². The highest BCUT2D eigenvalue weighted by Crippen LogP contribution is 2.34. The topological polar surface area (TPSA) is 85.1 Å². The van der Waals surface area contributed by atoms with E-state index in [-0.39, 0.29) is 13.8 Å². The molecule has 0 aliphatic carbocycles. The van der Waals surface area contributed by atoms with E-state index in [0.29, 0.717) is 4.47 Å². The van der Waals surface area contributed by atoms with Gasteiger partial charge in [0.1, 0.15) is 4.90 Å². The second kappa shape index (κ2) is 7.02. The summed E-state index contributed by atoms with van der Waals surface area (Å²) < 4.78 is 69.8. The van der Waals surface area contributed by atoms with E-state index in [4.69, 9.17) is 0 Å². The molecule has 0 amide bonds. The van der Waals surface area contributed by atoms with Crippen LogP contribution in [0.5, 0.6) is 0 Å². The Balaban J connectivity index is 2.31. The molecule has 13 heteroatoms. The number of sulfonamides is 1. The molecule has 0 radical (unpaired) electrons. The van der Waals surface area contributed by atoms with Crippen LogP contribution in [0.2, 0.25) is 0 Å². The van der Waals surface area contributed by atoms with Crippen LogP contribution in [0.4, 0.5) is 13.2 Å². The molecule has 1 unspecified atom stereocenters. The van der Waals surface area contributed by atoms with Crippen LogP contribution in [-0.4, -0.2) is 18.6 Å². The molecule has 0 aliphatic rings. The van der Waals surface area contributed by atoms with E-state index in [2.05, 4.69) is 67.2 Å². The van der Waals surface area contributed by atoms with Crippen molar-refractivity contribution in [3.05, 3.63) is 37.3 Å². The van der Waals surface area contributed by atoms with Crippen LogP contribution in [0, 0.1) is 0 Å². The van der Waals surface area contributed by atoms with Crippen molar-refractivity contribution in [3.8, 4) is 0 Å². The Morgan fingerprint density at radius 3 is 2.21 bits per heavy atom. The Morgan fingerprint density at radius 2 is 1.75 bits per heavy atom. The summed E-state index contributed by atoms with van der Waals surface area (Å²) in [6.45, 7) is 1.29. The summed E-state index contributed by atoms with van der Waals surface area (Å²) >= 11 is 9.47. The third kappa shape index (κ3) is 4.36. The number of rotatable bonds is 4. The van der Waals surface area contributed by atoms with Gasteiger partial charge in [-0.25, -0.2) is 13.1 Å². The maximum absolute atomic E-state index is 12.5. The summed E-state index contributed by atoms with van der Waals surface area (Å²) in [5, 5.41) is 3.16. The van der Waals surface area contributed by atoms with Crippen molar-refractivity contribution >= 4 is 57.8 Å². The highest BCUT2D eigenvalue weighted by atomic mass is 79.9. The van der Waals surface area contributed by atoms with Gasteiger partial charge in [-0.05, 0) is 50.9 Å². The fraction of sp³-hybridized carbons (Fsp3) is 0.273. The molecule has 0 spiro atoms. The number of benzene rings is 1. The molecule has 6 nitrogen and oxygen atoms in total. The van der Waals surface area contributed by atoms with Crippen LogP contribution in [0.25, 0.3) is 0 Å². The minimum absolute atomic E-state index is 0.114. The van der Waals surface area contributed by atoms with Gasteiger partial charge >= 0.3 is 12.1 Å². The van der Waals surface area contributed by atoms with E-state index in [1.165, 1.54) is 19.1 Å². The Morgan fingerprint density at radius 1 is 1.21 bits per heavy atom. The molecule has 0 fully saturated rings. The summed E-state index contributed by atoms with van der Waals surface area (Å²) in [5.41, 5.74) is 0. The SMILES string of the molecule is CC(NS(=O)(=O)c1c(Br)cc(Br)cc1Br)c1noc(C(F)(F)F)n1. The van der Waals surface area contributed by atoms with Gasteiger partial charge < -0.3 is 4.52 Å². The molecule has 0 bridgehead atoms. The molecular weight excluding hydrogens is 551 g/mol. The van der Waals surface area contributed by atoms with Gasteiger partial charge in [-0.15, -0.1) is 0 Å². The predicted octanol–water partition coefficient (Wildman–Crippen LogP) is 4.42. The fourth-order valence-electron chi connectivity index (χ4n) is 1.66. The summed E-state index contributed by atoms with van der Waals surface area (Å²) in [5.74, 6) is -1.98. The Labute approximate surface area is 159 Å². The molecule has 1 aromatic heterocycles. The normalized spacial score (nSPS) is 14.0. The van der Waals surface area contributed by atoms with Crippen molar-refractivity contribution < 1.29 is 26.1 Å². The zero-order chi connectivity index (χ0) is 18.3. The summed E-state index contributed by atoms with van der Waals surface area (Å²) in [6, 6.07) is 1.89. The third-order valence-corrected chi connectivity index (χ3v) is 6.51. The van der Waals surface area contributed by atoms with Crippen molar-refractivity contribution in [1.29, 1.82) is 0 Å². The number of halogens is 6. The van der Waals surface area contributed by atoms with Crippen LogP contribution < -0.4 is 4.72 Å². The lowest BCUT2D eigenvalue weighted by atomic mass is 10.3. The molecule has 0 aliphatic heterocycles. The molecule has 1 aromatic carbocycles. The van der Waals surface area contributed by atoms with Crippen LogP contribution in [-0.2, 0) is 16.2 Å². The molecule has 1 atom stereocenters. The number of hydrogen-bond donors (Lipinski definition) is 1. The first kappa shape index (κ1) is 19.8. The summed E-state index contributed by atoms with van der Waals surface area (Å²) in [4.78, 5) is 3.04. The molecule has 132 valence electrons. The van der Waals surface area contributed by atoms with Crippen molar-refractivity contribution in [1.82, 2.24) is 14.9 Å². The number of aromatic nitrogens is 2. The highest BCUT2D eigenvalue weighted by Gasteiger charge is 2.39. The molecule has 2 rings (SSSR count). The van der Waals surface area contributed by atoms with E-state index in [1.807, 2.05) is 0 Å². The van der Waals surface area contributed by atoms with Crippen molar-refractivity contribution in [2.75, 3.05) is 0 Å². The van der Waals surface area contributed by atoms with Gasteiger partial charge in [0.05, 0.1) is 6.04 Å². The zero-order valence-corrected chi connectivity index (χ0v) is 17.1. The fourth-order valence-corrected chi connectivity index (χ4v) is 6.51. The second-order valence-corrected chi connectivity index (χ2v) is 8.77. The monoisotopic (exact) mass is 555 g/mol. The number of alkyl halides is 3. The average molecular weight is 558 g/mol. The maximum Gasteiger partial charge on any atom is 0.471 e. The Bertz CT molecular complexity index is 847. The Hall–Kier alpha value is -0.500. The van der Waals surface area contributed by atoms with Crippen molar-refractivity contribution in [2.45, 2.75) is 24.0 Å². The molecule has 1 N–H and O–H groups in total. The Kier molecular flexibility index (Phi) is 5.79. The lowest BCUT2D eigenvalue weighted by molar-refractivity contribution is -0.159. The number of nitrogens with zero attached hydrogens (tertiary/aromatic N) is 2. The molecule has 2 aromatic rings. The average Bonchev–Trinajstić information content (AvgIpc) is 2.85. The van der Waals surface area contributed by atoms with Gasteiger partial charge in [-0.3, -0.25) is 0 Å². The summed E-state index contributed by atoms with van der Waals surface area (Å²) in [6.07, 6.45) is -4.80. The van der Waals surface area contributed by atoms with E-state index in [9.17, 15) is 21.6 Å². The molecule has 24 heavy (non-hydrogen) atoms. The predicted molar refractivity (Wildman–Crippen MR) is 87.6 cm³/mol. The first-order valence-corrected chi connectivity index (χ1v) is 9.85. The van der Waals surface area contributed by atoms with Crippen molar-refractivity contribution in [3.63, 3.8) is 0 Å². The molecule has 0 saturated carbocycles. The lowest BCUT2D eigenvalue weighted by Crippen LogP contribution is -2.28. The summed E-state index contributed by atoms with van der Waals surface area (Å²) in [7, 11) is -4.08. The van der Waals surface area contributed by atoms with Gasteiger partial charge in [0.15, 0.2) is 5.82 Å². The largest absolute Gasteiger partial charge is 0.471 e. The van der Waals surface area contributed by atoms with Gasteiger partial charge in [0, 0.05) is 13.4 Å². The van der Waals surface area contributed by atoms with Crippen LogP contribution >= 0.6 is 47.8 Å². The zero-order valence-electron chi connectivity index (χ0n) is 11.5. The number of hydrogen-bond acceptors (Lipinski definition) is 5. The first-order valence-electron chi connectivity index (χ1n) is 5.99. The van der Waals surface area contributed by atoms with Crippen LogP contribution in [0.1, 0.15) is 24.7 Å². The van der Waals surface area contributed by atoms with Crippen molar-refractivity contribution in [2.24, 2.45) is 0 Å². The third-order valence-electron chi connectivity index (χ3n) is 2.64. The second-order valence-electron chi connectivity index (χ2n) is 4.50.